The molecule has 1 amide bonds. The Morgan fingerprint density at radius 1 is 1.25 bits per heavy atom. The van der Waals surface area contributed by atoms with Crippen molar-refractivity contribution in [3.05, 3.63) is 71.4 Å². The Labute approximate surface area is 139 Å². The van der Waals surface area contributed by atoms with E-state index in [0.29, 0.717) is 23.6 Å². The maximum absolute atomic E-state index is 13.6. The van der Waals surface area contributed by atoms with Gasteiger partial charge < -0.3 is 10.0 Å². The van der Waals surface area contributed by atoms with Crippen LogP contribution >= 0.6 is 0 Å². The van der Waals surface area contributed by atoms with Crippen molar-refractivity contribution in [3.63, 3.8) is 0 Å². The second kappa shape index (κ2) is 6.80. The SMILES string of the molecule is Cc1nc2ccc(F)cn2c1C(=O)N(CCO)Cc1ccccc1. The largest absolute Gasteiger partial charge is 0.395 e. The van der Waals surface area contributed by atoms with Crippen LogP contribution < -0.4 is 0 Å². The Bertz CT molecular complexity index is 861. The quantitative estimate of drug-likeness (QED) is 0.783. The number of aromatic nitrogens is 2. The van der Waals surface area contributed by atoms with Crippen molar-refractivity contribution >= 4 is 11.6 Å². The Morgan fingerprint density at radius 2 is 2.00 bits per heavy atom. The number of fused-ring (bicyclic) bond motifs is 1. The lowest BCUT2D eigenvalue weighted by atomic mass is 10.2. The van der Waals surface area contributed by atoms with Crippen molar-refractivity contribution in [2.75, 3.05) is 13.2 Å². The molecule has 2 aromatic heterocycles. The molecule has 1 N–H and O–H groups in total. The van der Waals surface area contributed by atoms with Gasteiger partial charge in [-0.1, -0.05) is 30.3 Å². The first-order valence-electron chi connectivity index (χ1n) is 7.68. The Morgan fingerprint density at radius 3 is 2.71 bits per heavy atom. The fraction of sp³-hybridized carbons (Fsp3) is 0.222. The molecule has 0 spiro atoms. The van der Waals surface area contributed by atoms with Gasteiger partial charge >= 0.3 is 0 Å². The van der Waals surface area contributed by atoms with E-state index < -0.39 is 5.82 Å². The molecule has 0 bridgehead atoms. The standard InChI is InChI=1S/C18H18FN3O2/c1-13-17(22-12-15(19)7-8-16(22)20-13)18(24)21(9-10-23)11-14-5-3-2-4-6-14/h2-8,12,23H,9-11H2,1H3. The van der Waals surface area contributed by atoms with Gasteiger partial charge in [-0.3, -0.25) is 9.20 Å². The van der Waals surface area contributed by atoms with Crippen LogP contribution in [0.2, 0.25) is 0 Å². The maximum Gasteiger partial charge on any atom is 0.273 e. The topological polar surface area (TPSA) is 57.8 Å². The van der Waals surface area contributed by atoms with Gasteiger partial charge in [0.1, 0.15) is 17.2 Å². The summed E-state index contributed by atoms with van der Waals surface area (Å²) in [5.41, 5.74) is 2.31. The van der Waals surface area contributed by atoms with Crippen LogP contribution in [0, 0.1) is 12.7 Å². The van der Waals surface area contributed by atoms with Crippen LogP contribution in [0.25, 0.3) is 5.65 Å². The zero-order valence-corrected chi connectivity index (χ0v) is 13.3. The van der Waals surface area contributed by atoms with Gasteiger partial charge in [0.05, 0.1) is 12.3 Å². The molecule has 5 nitrogen and oxygen atoms in total. The van der Waals surface area contributed by atoms with Crippen LogP contribution in [0.1, 0.15) is 21.7 Å². The summed E-state index contributed by atoms with van der Waals surface area (Å²) in [5, 5.41) is 9.31. The molecule has 0 radical (unpaired) electrons. The highest BCUT2D eigenvalue weighted by Crippen LogP contribution is 2.17. The van der Waals surface area contributed by atoms with Crippen molar-refractivity contribution in [3.8, 4) is 0 Å². The maximum atomic E-state index is 13.6. The lowest BCUT2D eigenvalue weighted by molar-refractivity contribution is 0.0700. The number of amides is 1. The summed E-state index contributed by atoms with van der Waals surface area (Å²) in [6.07, 6.45) is 1.25. The second-order valence-corrected chi connectivity index (χ2v) is 5.56. The highest BCUT2D eigenvalue weighted by Gasteiger charge is 2.22. The minimum atomic E-state index is -0.439. The van der Waals surface area contributed by atoms with Crippen LogP contribution in [0.4, 0.5) is 4.39 Å². The van der Waals surface area contributed by atoms with Gasteiger partial charge in [0.15, 0.2) is 0 Å². The Hall–Kier alpha value is -2.73. The van der Waals surface area contributed by atoms with Crippen molar-refractivity contribution in [1.29, 1.82) is 0 Å². The number of rotatable bonds is 5. The van der Waals surface area contributed by atoms with Gasteiger partial charge in [-0.25, -0.2) is 9.37 Å². The van der Waals surface area contributed by atoms with Crippen LogP contribution in [0.3, 0.4) is 0 Å². The number of aliphatic hydroxyl groups is 1. The zero-order valence-electron chi connectivity index (χ0n) is 13.3. The molecule has 0 atom stereocenters. The molecule has 0 unspecified atom stereocenters. The number of aryl methyl sites for hydroxylation is 1. The van der Waals surface area contributed by atoms with Crippen molar-refractivity contribution in [1.82, 2.24) is 14.3 Å². The second-order valence-electron chi connectivity index (χ2n) is 5.56. The molecule has 0 aliphatic heterocycles. The predicted molar refractivity (Wildman–Crippen MR) is 88.2 cm³/mol. The molecule has 0 aliphatic carbocycles. The van der Waals surface area contributed by atoms with Crippen molar-refractivity contribution < 1.29 is 14.3 Å². The summed E-state index contributed by atoms with van der Waals surface area (Å²) in [6, 6.07) is 12.4. The number of halogens is 1. The monoisotopic (exact) mass is 327 g/mol. The fourth-order valence-electron chi connectivity index (χ4n) is 2.72. The van der Waals surface area contributed by atoms with Crippen LogP contribution in [-0.2, 0) is 6.54 Å². The molecule has 3 rings (SSSR count). The van der Waals surface area contributed by atoms with E-state index in [1.54, 1.807) is 6.92 Å². The van der Waals surface area contributed by atoms with E-state index in [1.807, 2.05) is 30.3 Å². The number of aliphatic hydroxyl groups excluding tert-OH is 1. The molecule has 0 aliphatic rings. The molecule has 0 fully saturated rings. The zero-order chi connectivity index (χ0) is 17.1. The summed E-state index contributed by atoms with van der Waals surface area (Å²) < 4.78 is 15.0. The molecule has 24 heavy (non-hydrogen) atoms. The third-order valence-corrected chi connectivity index (χ3v) is 3.83. The highest BCUT2D eigenvalue weighted by molar-refractivity contribution is 5.94. The molecular weight excluding hydrogens is 309 g/mol. The third kappa shape index (κ3) is 3.14. The fourth-order valence-corrected chi connectivity index (χ4v) is 2.72. The summed E-state index contributed by atoms with van der Waals surface area (Å²) in [6.45, 7) is 2.12. The lowest BCUT2D eigenvalue weighted by Gasteiger charge is -2.22. The normalized spacial score (nSPS) is 11.0. The summed E-state index contributed by atoms with van der Waals surface area (Å²) in [5.74, 6) is -0.728. The number of hydrogen-bond donors (Lipinski definition) is 1. The molecule has 3 aromatic rings. The molecular formula is C18H18FN3O2. The number of benzene rings is 1. The first-order chi connectivity index (χ1) is 11.6. The average Bonchev–Trinajstić information content (AvgIpc) is 2.90. The first kappa shape index (κ1) is 16.1. The lowest BCUT2D eigenvalue weighted by Crippen LogP contribution is -2.34. The highest BCUT2D eigenvalue weighted by atomic mass is 19.1. The molecule has 0 saturated heterocycles. The van der Waals surface area contributed by atoms with E-state index in [9.17, 15) is 14.3 Å². The van der Waals surface area contributed by atoms with Gasteiger partial charge in [-0.2, -0.15) is 0 Å². The first-order valence-corrected chi connectivity index (χ1v) is 7.68. The Balaban J connectivity index is 1.98. The minimum absolute atomic E-state index is 0.150. The smallest absolute Gasteiger partial charge is 0.273 e. The molecule has 124 valence electrons. The van der Waals surface area contributed by atoms with E-state index in [1.165, 1.54) is 27.6 Å². The molecule has 6 heteroatoms. The van der Waals surface area contributed by atoms with Gasteiger partial charge in [-0.15, -0.1) is 0 Å². The summed E-state index contributed by atoms with van der Waals surface area (Å²) in [4.78, 5) is 18.8. The van der Waals surface area contributed by atoms with E-state index in [4.69, 9.17) is 0 Å². The van der Waals surface area contributed by atoms with Crippen molar-refractivity contribution in [2.24, 2.45) is 0 Å². The molecule has 2 heterocycles. The molecule has 1 aromatic carbocycles. The van der Waals surface area contributed by atoms with Gasteiger partial charge in [0.25, 0.3) is 5.91 Å². The van der Waals surface area contributed by atoms with Crippen LogP contribution in [0.5, 0.6) is 0 Å². The predicted octanol–water partition coefficient (Wildman–Crippen LogP) is 2.42. The number of imidazole rings is 1. The summed E-state index contributed by atoms with van der Waals surface area (Å²) in [7, 11) is 0. The number of carbonyl (C=O) groups is 1. The third-order valence-electron chi connectivity index (χ3n) is 3.83. The van der Waals surface area contributed by atoms with Crippen LogP contribution in [0.15, 0.2) is 48.7 Å². The van der Waals surface area contributed by atoms with E-state index in [0.717, 1.165) is 5.56 Å². The number of pyridine rings is 1. The van der Waals surface area contributed by atoms with Gasteiger partial charge in [0, 0.05) is 19.3 Å². The van der Waals surface area contributed by atoms with Gasteiger partial charge in [0.2, 0.25) is 0 Å². The number of nitrogens with zero attached hydrogens (tertiary/aromatic N) is 3. The van der Waals surface area contributed by atoms with E-state index in [-0.39, 0.29) is 19.1 Å². The van der Waals surface area contributed by atoms with Gasteiger partial charge in [-0.05, 0) is 24.6 Å². The number of hydrogen-bond acceptors (Lipinski definition) is 3. The Kier molecular flexibility index (Phi) is 4.57. The minimum Gasteiger partial charge on any atom is -0.395 e. The van der Waals surface area contributed by atoms with E-state index in [2.05, 4.69) is 4.98 Å². The number of carbonyl (C=O) groups excluding carboxylic acids is 1. The van der Waals surface area contributed by atoms with Crippen molar-refractivity contribution in [2.45, 2.75) is 13.5 Å². The van der Waals surface area contributed by atoms with Crippen LogP contribution in [-0.4, -0.2) is 38.4 Å². The van der Waals surface area contributed by atoms with E-state index >= 15 is 0 Å². The molecule has 0 saturated carbocycles. The average molecular weight is 327 g/mol. The summed E-state index contributed by atoms with van der Waals surface area (Å²) >= 11 is 0.